The summed E-state index contributed by atoms with van der Waals surface area (Å²) in [5, 5.41) is 7.86. The van der Waals surface area contributed by atoms with Gasteiger partial charge in [-0.25, -0.2) is 4.79 Å². The summed E-state index contributed by atoms with van der Waals surface area (Å²) >= 11 is 0. The van der Waals surface area contributed by atoms with Crippen molar-refractivity contribution in [2.75, 3.05) is 18.4 Å². The number of rotatable bonds is 7. The first kappa shape index (κ1) is 17.3. The molecule has 0 fully saturated rings. The van der Waals surface area contributed by atoms with Crippen LogP contribution in [0.4, 0.5) is 10.5 Å². The highest BCUT2D eigenvalue weighted by molar-refractivity contribution is 5.92. The first-order valence-corrected chi connectivity index (χ1v) is 7.82. The summed E-state index contributed by atoms with van der Waals surface area (Å²) in [6.45, 7) is 2.50. The van der Waals surface area contributed by atoms with Gasteiger partial charge in [0.1, 0.15) is 11.5 Å². The van der Waals surface area contributed by atoms with Gasteiger partial charge in [-0.3, -0.25) is 4.79 Å². The molecule has 0 aliphatic heterocycles. The van der Waals surface area contributed by atoms with Gasteiger partial charge in [-0.05, 0) is 30.7 Å². The molecule has 3 N–H and O–H groups in total. The minimum atomic E-state index is -0.446. The molecule has 0 spiro atoms. The maximum atomic E-state index is 11.8. The average molecular weight is 327 g/mol. The molecule has 0 unspecified atom stereocenters. The van der Waals surface area contributed by atoms with E-state index in [0.717, 1.165) is 6.42 Å². The minimum absolute atomic E-state index is 0.0635. The molecule has 0 aliphatic rings. The van der Waals surface area contributed by atoms with Crippen molar-refractivity contribution in [2.24, 2.45) is 0 Å². The zero-order valence-electron chi connectivity index (χ0n) is 13.5. The van der Waals surface area contributed by atoms with Crippen molar-refractivity contribution in [3.63, 3.8) is 0 Å². The van der Waals surface area contributed by atoms with E-state index in [4.69, 9.17) is 4.74 Å². The van der Waals surface area contributed by atoms with E-state index < -0.39 is 6.03 Å². The van der Waals surface area contributed by atoms with Crippen LogP contribution in [0.15, 0.2) is 54.6 Å². The number of carbonyl (C=O) groups excluding carboxylic acids is 2. The number of anilines is 1. The van der Waals surface area contributed by atoms with Crippen molar-refractivity contribution >= 4 is 17.6 Å². The van der Waals surface area contributed by atoms with Crippen LogP contribution in [-0.2, 0) is 4.79 Å². The maximum absolute atomic E-state index is 11.8. The molecule has 0 aromatic heterocycles. The summed E-state index contributed by atoms with van der Waals surface area (Å²) in [5.41, 5.74) is 0.579. The smallest absolute Gasteiger partial charge is 0.319 e. The first-order valence-electron chi connectivity index (χ1n) is 7.82. The minimum Gasteiger partial charge on any atom is -0.457 e. The number of ether oxygens (including phenoxy) is 1. The normalized spacial score (nSPS) is 9.88. The standard InChI is InChI=1S/C18H21N3O3/c1-2-11-19-17(22)13-20-18(23)21-14-7-6-10-16(12-14)24-15-8-4-3-5-9-15/h3-10,12H,2,11,13H2,1H3,(H,19,22)(H2,20,21,23). The largest absolute Gasteiger partial charge is 0.457 e. The Kier molecular flexibility index (Phi) is 6.64. The number of hydrogen-bond donors (Lipinski definition) is 3. The molecule has 0 bridgehead atoms. The second-order valence-electron chi connectivity index (χ2n) is 5.10. The van der Waals surface area contributed by atoms with Crippen LogP contribution in [0.5, 0.6) is 11.5 Å². The quantitative estimate of drug-likeness (QED) is 0.731. The molecule has 3 amide bonds. The summed E-state index contributed by atoms with van der Waals surface area (Å²) in [5.74, 6) is 1.11. The molecule has 24 heavy (non-hydrogen) atoms. The van der Waals surface area contributed by atoms with Gasteiger partial charge in [-0.1, -0.05) is 31.2 Å². The SMILES string of the molecule is CCCNC(=O)CNC(=O)Nc1cccc(Oc2ccccc2)c1. The molecular weight excluding hydrogens is 306 g/mol. The summed E-state index contributed by atoms with van der Waals surface area (Å²) in [6, 6.07) is 16.0. The van der Waals surface area contributed by atoms with E-state index in [1.165, 1.54) is 0 Å². The molecule has 0 aliphatic carbocycles. The molecule has 0 saturated carbocycles. The van der Waals surface area contributed by atoms with E-state index in [1.807, 2.05) is 37.3 Å². The lowest BCUT2D eigenvalue weighted by atomic mass is 10.3. The fourth-order valence-electron chi connectivity index (χ4n) is 1.92. The second kappa shape index (κ2) is 9.19. The van der Waals surface area contributed by atoms with Crippen molar-refractivity contribution in [1.29, 1.82) is 0 Å². The zero-order valence-corrected chi connectivity index (χ0v) is 13.5. The van der Waals surface area contributed by atoms with Crippen LogP contribution in [-0.4, -0.2) is 25.0 Å². The molecule has 6 heteroatoms. The van der Waals surface area contributed by atoms with Gasteiger partial charge in [-0.2, -0.15) is 0 Å². The van der Waals surface area contributed by atoms with Gasteiger partial charge in [-0.15, -0.1) is 0 Å². The highest BCUT2D eigenvalue weighted by atomic mass is 16.5. The van der Waals surface area contributed by atoms with E-state index in [2.05, 4.69) is 16.0 Å². The third-order valence-electron chi connectivity index (χ3n) is 3.05. The molecule has 0 heterocycles. The van der Waals surface area contributed by atoms with Crippen molar-refractivity contribution in [3.8, 4) is 11.5 Å². The van der Waals surface area contributed by atoms with E-state index in [9.17, 15) is 9.59 Å². The van der Waals surface area contributed by atoms with Gasteiger partial charge in [0.2, 0.25) is 5.91 Å². The first-order chi connectivity index (χ1) is 11.7. The van der Waals surface area contributed by atoms with Gasteiger partial charge >= 0.3 is 6.03 Å². The van der Waals surface area contributed by atoms with E-state index in [1.54, 1.807) is 24.3 Å². The van der Waals surface area contributed by atoms with Gasteiger partial charge in [0.05, 0.1) is 6.54 Å². The molecule has 6 nitrogen and oxygen atoms in total. The zero-order chi connectivity index (χ0) is 17.2. The van der Waals surface area contributed by atoms with E-state index in [0.29, 0.717) is 23.7 Å². The number of carbonyl (C=O) groups is 2. The Bertz CT molecular complexity index is 674. The van der Waals surface area contributed by atoms with Gasteiger partial charge in [0, 0.05) is 18.3 Å². The van der Waals surface area contributed by atoms with Gasteiger partial charge < -0.3 is 20.7 Å². The van der Waals surface area contributed by atoms with Gasteiger partial charge in [0.15, 0.2) is 0 Å². The number of benzene rings is 2. The Balaban J connectivity index is 1.85. The highest BCUT2D eigenvalue weighted by Crippen LogP contribution is 2.23. The van der Waals surface area contributed by atoms with Crippen LogP contribution < -0.4 is 20.7 Å². The number of urea groups is 1. The third-order valence-corrected chi connectivity index (χ3v) is 3.05. The molecule has 2 rings (SSSR count). The number of amides is 3. The predicted molar refractivity (Wildman–Crippen MR) is 93.3 cm³/mol. The summed E-state index contributed by atoms with van der Waals surface area (Å²) in [7, 11) is 0. The fourth-order valence-corrected chi connectivity index (χ4v) is 1.92. The Hall–Kier alpha value is -3.02. The van der Waals surface area contributed by atoms with Crippen LogP contribution in [0, 0.1) is 0 Å². The van der Waals surface area contributed by atoms with Crippen molar-refractivity contribution in [1.82, 2.24) is 10.6 Å². The molecule has 0 atom stereocenters. The van der Waals surface area contributed by atoms with Crippen LogP contribution >= 0.6 is 0 Å². The third kappa shape index (κ3) is 6.00. The van der Waals surface area contributed by atoms with E-state index in [-0.39, 0.29) is 12.5 Å². The number of hydrogen-bond acceptors (Lipinski definition) is 3. The van der Waals surface area contributed by atoms with Crippen LogP contribution in [0.1, 0.15) is 13.3 Å². The van der Waals surface area contributed by atoms with Crippen LogP contribution in [0.25, 0.3) is 0 Å². The summed E-state index contributed by atoms with van der Waals surface area (Å²) in [6.07, 6.45) is 0.853. The fraction of sp³-hybridized carbons (Fsp3) is 0.222. The number of nitrogens with one attached hydrogen (secondary N) is 3. The number of para-hydroxylation sites is 1. The van der Waals surface area contributed by atoms with Crippen molar-refractivity contribution in [2.45, 2.75) is 13.3 Å². The Labute approximate surface area is 141 Å². The summed E-state index contributed by atoms with van der Waals surface area (Å²) < 4.78 is 5.71. The van der Waals surface area contributed by atoms with Gasteiger partial charge in [0.25, 0.3) is 0 Å². The topological polar surface area (TPSA) is 79.5 Å². The van der Waals surface area contributed by atoms with Crippen molar-refractivity contribution in [3.05, 3.63) is 54.6 Å². The molecular formula is C18H21N3O3. The van der Waals surface area contributed by atoms with E-state index >= 15 is 0 Å². The Morgan fingerprint density at radius 1 is 0.958 bits per heavy atom. The molecule has 2 aromatic rings. The highest BCUT2D eigenvalue weighted by Gasteiger charge is 2.06. The monoisotopic (exact) mass is 327 g/mol. The Morgan fingerprint density at radius 3 is 2.46 bits per heavy atom. The lowest BCUT2D eigenvalue weighted by Gasteiger charge is -2.10. The van der Waals surface area contributed by atoms with Crippen LogP contribution in [0.2, 0.25) is 0 Å². The maximum Gasteiger partial charge on any atom is 0.319 e. The molecule has 2 aromatic carbocycles. The van der Waals surface area contributed by atoms with Crippen molar-refractivity contribution < 1.29 is 14.3 Å². The molecule has 0 saturated heterocycles. The Morgan fingerprint density at radius 2 is 1.71 bits per heavy atom. The average Bonchev–Trinajstić information content (AvgIpc) is 2.59. The second-order valence-corrected chi connectivity index (χ2v) is 5.10. The molecule has 0 radical (unpaired) electrons. The lowest BCUT2D eigenvalue weighted by Crippen LogP contribution is -2.39. The van der Waals surface area contributed by atoms with Crippen LogP contribution in [0.3, 0.4) is 0 Å². The lowest BCUT2D eigenvalue weighted by molar-refractivity contribution is -0.120. The molecule has 126 valence electrons. The predicted octanol–water partition coefficient (Wildman–Crippen LogP) is 3.13. The summed E-state index contributed by atoms with van der Waals surface area (Å²) in [4.78, 5) is 23.3.